The van der Waals surface area contributed by atoms with E-state index in [9.17, 15) is 18.0 Å². The summed E-state index contributed by atoms with van der Waals surface area (Å²) < 4.78 is 40.3. The highest BCUT2D eigenvalue weighted by Gasteiger charge is 2.35. The third-order valence-electron chi connectivity index (χ3n) is 4.20. The van der Waals surface area contributed by atoms with Crippen LogP contribution in [0.3, 0.4) is 0 Å². The van der Waals surface area contributed by atoms with Gasteiger partial charge in [-0.25, -0.2) is 4.98 Å². The maximum atomic E-state index is 13.4. The Morgan fingerprint density at radius 3 is 2.32 bits per heavy atom. The number of halogens is 3. The minimum Gasteiger partial charge on any atom is -0.310 e. The average molecular weight is 358 g/mol. The summed E-state index contributed by atoms with van der Waals surface area (Å²) >= 11 is 0. The largest absolute Gasteiger partial charge is 0.416 e. The van der Waals surface area contributed by atoms with E-state index in [1.54, 1.807) is 20.8 Å². The first-order valence-corrected chi connectivity index (χ1v) is 8.25. The van der Waals surface area contributed by atoms with Gasteiger partial charge in [0, 0.05) is 44.3 Å². The first-order valence-electron chi connectivity index (χ1n) is 8.25. The first-order chi connectivity index (χ1) is 11.5. The highest BCUT2D eigenvalue weighted by Crippen LogP contribution is 2.34. The maximum Gasteiger partial charge on any atom is 0.416 e. The van der Waals surface area contributed by atoms with Crippen LogP contribution in [0.15, 0.2) is 12.3 Å². The van der Waals surface area contributed by atoms with Gasteiger partial charge in [-0.15, -0.1) is 0 Å². The second-order valence-corrected chi connectivity index (χ2v) is 7.51. The lowest BCUT2D eigenvalue weighted by Gasteiger charge is -2.32. The van der Waals surface area contributed by atoms with E-state index in [-0.39, 0.29) is 23.8 Å². The molecule has 140 valence electrons. The Morgan fingerprint density at radius 1 is 1.20 bits per heavy atom. The number of nitrogens with one attached hydrogen (secondary N) is 1. The summed E-state index contributed by atoms with van der Waals surface area (Å²) in [6, 6.07) is 0.926. The van der Waals surface area contributed by atoms with Crippen molar-refractivity contribution < 1.29 is 18.0 Å². The molecule has 8 heteroatoms. The molecule has 1 aliphatic heterocycles. The molecule has 0 aliphatic carbocycles. The molecule has 0 aromatic carbocycles. The van der Waals surface area contributed by atoms with Crippen LogP contribution in [-0.4, -0.2) is 53.9 Å². The standard InChI is InChI=1S/C17H25F3N4O/c1-16(2,3)15(25)22-14-9-13(17(18,19)20)12(10-21-14)11-24-7-5-23(4)6-8-24/h9-10H,5-8,11H2,1-4H3,(H,21,22,25). The van der Waals surface area contributed by atoms with Crippen LogP contribution in [0.2, 0.25) is 0 Å². The summed E-state index contributed by atoms with van der Waals surface area (Å²) in [6.07, 6.45) is -3.27. The van der Waals surface area contributed by atoms with Gasteiger partial charge < -0.3 is 10.2 Å². The van der Waals surface area contributed by atoms with Gasteiger partial charge in [0.2, 0.25) is 5.91 Å². The molecule has 1 amide bonds. The molecule has 1 N–H and O–H groups in total. The van der Waals surface area contributed by atoms with Crippen LogP contribution in [0, 0.1) is 5.41 Å². The second-order valence-electron chi connectivity index (χ2n) is 7.51. The smallest absolute Gasteiger partial charge is 0.310 e. The molecule has 0 bridgehead atoms. The van der Waals surface area contributed by atoms with Gasteiger partial charge in [-0.05, 0) is 18.7 Å². The number of piperazine rings is 1. The molecule has 25 heavy (non-hydrogen) atoms. The number of aromatic nitrogens is 1. The fourth-order valence-corrected chi connectivity index (χ4v) is 2.49. The van der Waals surface area contributed by atoms with Crippen molar-refractivity contribution in [3.8, 4) is 0 Å². The van der Waals surface area contributed by atoms with Gasteiger partial charge in [0.15, 0.2) is 0 Å². The SMILES string of the molecule is CN1CCN(Cc2cnc(NC(=O)C(C)(C)C)cc2C(F)(F)F)CC1. The Morgan fingerprint density at radius 2 is 1.80 bits per heavy atom. The van der Waals surface area contributed by atoms with Gasteiger partial charge in [0.1, 0.15) is 5.82 Å². The highest BCUT2D eigenvalue weighted by molar-refractivity contribution is 5.93. The zero-order chi connectivity index (χ0) is 18.8. The molecule has 2 rings (SSSR count). The lowest BCUT2D eigenvalue weighted by Crippen LogP contribution is -2.44. The van der Waals surface area contributed by atoms with Gasteiger partial charge in [-0.2, -0.15) is 13.2 Å². The highest BCUT2D eigenvalue weighted by atomic mass is 19.4. The number of likely N-dealkylation sites (N-methyl/N-ethyl adjacent to an activating group) is 1. The first kappa shape index (κ1) is 19.7. The Balaban J connectivity index is 2.21. The molecule has 0 atom stereocenters. The number of carbonyl (C=O) groups is 1. The van der Waals surface area contributed by atoms with E-state index in [2.05, 4.69) is 15.2 Å². The van der Waals surface area contributed by atoms with E-state index in [0.717, 1.165) is 32.2 Å². The predicted molar refractivity (Wildman–Crippen MR) is 90.1 cm³/mol. The molecule has 1 saturated heterocycles. The molecular weight excluding hydrogens is 333 g/mol. The summed E-state index contributed by atoms with van der Waals surface area (Å²) in [7, 11) is 1.99. The zero-order valence-corrected chi connectivity index (χ0v) is 15.1. The van der Waals surface area contributed by atoms with Crippen molar-refractivity contribution in [1.29, 1.82) is 0 Å². The quantitative estimate of drug-likeness (QED) is 0.903. The number of nitrogens with zero attached hydrogens (tertiary/aromatic N) is 3. The number of carbonyl (C=O) groups excluding carboxylic acids is 1. The fraction of sp³-hybridized carbons (Fsp3) is 0.647. The number of anilines is 1. The molecule has 0 spiro atoms. The van der Waals surface area contributed by atoms with E-state index in [4.69, 9.17) is 0 Å². The van der Waals surface area contributed by atoms with Gasteiger partial charge in [-0.1, -0.05) is 20.8 Å². The second kappa shape index (κ2) is 7.29. The number of amides is 1. The van der Waals surface area contributed by atoms with Crippen molar-refractivity contribution in [1.82, 2.24) is 14.8 Å². The Kier molecular flexibility index (Phi) is 5.73. The molecule has 0 saturated carbocycles. The third-order valence-corrected chi connectivity index (χ3v) is 4.20. The van der Waals surface area contributed by atoms with Crippen molar-refractivity contribution in [2.75, 3.05) is 38.5 Å². The molecule has 5 nitrogen and oxygen atoms in total. The van der Waals surface area contributed by atoms with E-state index in [1.807, 2.05) is 11.9 Å². The molecule has 1 aromatic heterocycles. The Labute approximate surface area is 146 Å². The van der Waals surface area contributed by atoms with Gasteiger partial charge >= 0.3 is 6.18 Å². The minimum absolute atomic E-state index is 0.0747. The molecule has 0 unspecified atom stereocenters. The Bertz CT molecular complexity index is 617. The number of hydrogen-bond donors (Lipinski definition) is 1. The summed E-state index contributed by atoms with van der Waals surface area (Å²) in [5.74, 6) is -0.450. The van der Waals surface area contributed by atoms with Gasteiger partial charge in [0.25, 0.3) is 0 Å². The molecule has 2 heterocycles. The predicted octanol–water partition coefficient (Wildman–Crippen LogP) is 2.83. The minimum atomic E-state index is -4.49. The van der Waals surface area contributed by atoms with Crippen LogP contribution >= 0.6 is 0 Å². The maximum absolute atomic E-state index is 13.4. The molecule has 1 fully saturated rings. The van der Waals surface area contributed by atoms with Gasteiger partial charge in [-0.3, -0.25) is 9.69 Å². The Hall–Kier alpha value is -1.67. The van der Waals surface area contributed by atoms with Crippen LogP contribution in [-0.2, 0) is 17.5 Å². The molecule has 0 radical (unpaired) electrons. The number of pyridine rings is 1. The number of hydrogen-bond acceptors (Lipinski definition) is 4. The van der Waals surface area contributed by atoms with Crippen LogP contribution in [0.4, 0.5) is 19.0 Å². The summed E-state index contributed by atoms with van der Waals surface area (Å²) in [6.45, 7) is 8.36. The lowest BCUT2D eigenvalue weighted by molar-refractivity contribution is -0.138. The van der Waals surface area contributed by atoms with E-state index >= 15 is 0 Å². The third kappa shape index (κ3) is 5.40. The van der Waals surface area contributed by atoms with Crippen LogP contribution in [0.25, 0.3) is 0 Å². The van der Waals surface area contributed by atoms with Crippen LogP contribution < -0.4 is 5.32 Å². The normalized spacial score (nSPS) is 17.6. The lowest BCUT2D eigenvalue weighted by atomic mass is 9.96. The van der Waals surface area contributed by atoms with Crippen molar-refractivity contribution in [3.63, 3.8) is 0 Å². The van der Waals surface area contributed by atoms with E-state index < -0.39 is 17.2 Å². The topological polar surface area (TPSA) is 48.5 Å². The molecular formula is C17H25F3N4O. The number of alkyl halides is 3. The summed E-state index contributed by atoms with van der Waals surface area (Å²) in [5, 5.41) is 2.46. The van der Waals surface area contributed by atoms with Crippen molar-refractivity contribution in [2.45, 2.75) is 33.5 Å². The van der Waals surface area contributed by atoms with Gasteiger partial charge in [0.05, 0.1) is 5.56 Å². The summed E-state index contributed by atoms with van der Waals surface area (Å²) in [5.41, 5.74) is -1.32. The number of rotatable bonds is 3. The van der Waals surface area contributed by atoms with Crippen molar-refractivity contribution >= 4 is 11.7 Å². The monoisotopic (exact) mass is 358 g/mol. The molecule has 1 aliphatic rings. The van der Waals surface area contributed by atoms with Crippen molar-refractivity contribution in [2.24, 2.45) is 5.41 Å². The van der Waals surface area contributed by atoms with E-state index in [1.165, 1.54) is 6.20 Å². The zero-order valence-electron chi connectivity index (χ0n) is 15.1. The van der Waals surface area contributed by atoms with Crippen LogP contribution in [0.5, 0.6) is 0 Å². The molecule has 1 aromatic rings. The fourth-order valence-electron chi connectivity index (χ4n) is 2.49. The van der Waals surface area contributed by atoms with Crippen molar-refractivity contribution in [3.05, 3.63) is 23.4 Å². The summed E-state index contributed by atoms with van der Waals surface area (Å²) in [4.78, 5) is 20.1. The van der Waals surface area contributed by atoms with E-state index in [0.29, 0.717) is 0 Å². The van der Waals surface area contributed by atoms with Crippen LogP contribution in [0.1, 0.15) is 31.9 Å². The average Bonchev–Trinajstić information content (AvgIpc) is 2.49.